The highest BCUT2D eigenvalue weighted by Crippen LogP contribution is 2.24. The van der Waals surface area contributed by atoms with E-state index in [4.69, 9.17) is 4.74 Å². The van der Waals surface area contributed by atoms with E-state index in [-0.39, 0.29) is 22.9 Å². The Labute approximate surface area is 81.6 Å². The smallest absolute Gasteiger partial charge is 0.233 e. The number of carbonyl (C=O) groups is 2. The van der Waals surface area contributed by atoms with Crippen LogP contribution in [0.5, 0.6) is 0 Å². The van der Waals surface area contributed by atoms with Crippen molar-refractivity contribution in [3.05, 3.63) is 23.1 Å². The van der Waals surface area contributed by atoms with Gasteiger partial charge in [0.05, 0.1) is 12.7 Å². The van der Waals surface area contributed by atoms with Crippen LogP contribution in [0.25, 0.3) is 0 Å². The number of nitrogens with one attached hydrogen (secondary N) is 1. The van der Waals surface area contributed by atoms with E-state index in [1.54, 1.807) is 0 Å². The highest BCUT2D eigenvalue weighted by atomic mass is 16.5. The number of allylic oxidation sites excluding steroid dienone is 3. The second kappa shape index (κ2) is 3.29. The molecular formula is C10H11NO3. The number of Topliss-reactive ketones (excluding diaryl/α,β-unsaturated/α-hetero) is 1. The summed E-state index contributed by atoms with van der Waals surface area (Å²) in [6.07, 6.45) is 3.00. The second-order valence-electron chi connectivity index (χ2n) is 3.29. The molecule has 1 fully saturated rings. The van der Waals surface area contributed by atoms with Crippen molar-refractivity contribution in [2.24, 2.45) is 0 Å². The molecule has 4 nitrogen and oxygen atoms in total. The lowest BCUT2D eigenvalue weighted by Crippen LogP contribution is -2.14. The molecule has 0 aromatic heterocycles. The van der Waals surface area contributed by atoms with Crippen molar-refractivity contribution in [2.45, 2.75) is 12.8 Å². The Bertz CT molecular complexity index is 358. The Morgan fingerprint density at radius 1 is 1.43 bits per heavy atom. The molecule has 0 unspecified atom stereocenters. The highest BCUT2D eigenvalue weighted by molar-refractivity contribution is 6.35. The zero-order valence-electron chi connectivity index (χ0n) is 7.92. The summed E-state index contributed by atoms with van der Waals surface area (Å²) >= 11 is 0. The van der Waals surface area contributed by atoms with Crippen LogP contribution in [0.2, 0.25) is 0 Å². The van der Waals surface area contributed by atoms with E-state index in [2.05, 4.69) is 5.32 Å². The minimum atomic E-state index is -0.290. The fourth-order valence-electron chi connectivity index (χ4n) is 1.74. The van der Waals surface area contributed by atoms with E-state index in [1.807, 2.05) is 0 Å². The van der Waals surface area contributed by atoms with E-state index in [0.29, 0.717) is 0 Å². The van der Waals surface area contributed by atoms with Crippen LogP contribution >= 0.6 is 0 Å². The van der Waals surface area contributed by atoms with E-state index in [1.165, 1.54) is 13.2 Å². The summed E-state index contributed by atoms with van der Waals surface area (Å²) in [4.78, 5) is 23.1. The van der Waals surface area contributed by atoms with Gasteiger partial charge in [-0.05, 0) is 12.8 Å². The number of hydrogen-bond acceptors (Lipinski definition) is 4. The van der Waals surface area contributed by atoms with Gasteiger partial charge in [0.2, 0.25) is 5.78 Å². The highest BCUT2D eigenvalue weighted by Gasteiger charge is 2.33. The van der Waals surface area contributed by atoms with Gasteiger partial charge in [-0.3, -0.25) is 9.59 Å². The molecule has 0 atom stereocenters. The molecule has 1 aliphatic heterocycles. The van der Waals surface area contributed by atoms with Gasteiger partial charge in [-0.2, -0.15) is 0 Å². The Kier molecular flexibility index (Phi) is 2.11. The summed E-state index contributed by atoms with van der Waals surface area (Å²) in [7, 11) is 1.40. The third kappa shape index (κ3) is 1.23. The summed E-state index contributed by atoms with van der Waals surface area (Å²) in [6.45, 7) is 0.835. The summed E-state index contributed by atoms with van der Waals surface area (Å²) in [5.74, 6) is -0.385. The summed E-state index contributed by atoms with van der Waals surface area (Å²) in [6, 6.07) is 0. The monoisotopic (exact) mass is 193 g/mol. The van der Waals surface area contributed by atoms with Gasteiger partial charge >= 0.3 is 0 Å². The summed E-state index contributed by atoms with van der Waals surface area (Å²) in [5.41, 5.74) is 1.03. The van der Waals surface area contributed by atoms with E-state index >= 15 is 0 Å². The fraction of sp³-hybridized carbons (Fsp3) is 0.400. The van der Waals surface area contributed by atoms with E-state index in [9.17, 15) is 9.59 Å². The lowest BCUT2D eigenvalue weighted by Gasteiger charge is -2.02. The first-order valence-electron chi connectivity index (χ1n) is 4.56. The van der Waals surface area contributed by atoms with Gasteiger partial charge in [-0.15, -0.1) is 0 Å². The van der Waals surface area contributed by atoms with Crippen LogP contribution in [-0.2, 0) is 14.3 Å². The van der Waals surface area contributed by atoms with Gasteiger partial charge in [-0.1, -0.05) is 0 Å². The molecular weight excluding hydrogens is 182 g/mol. The van der Waals surface area contributed by atoms with Crippen molar-refractivity contribution >= 4 is 11.6 Å². The van der Waals surface area contributed by atoms with Crippen LogP contribution in [-0.4, -0.2) is 25.2 Å². The molecule has 1 N–H and O–H groups in total. The van der Waals surface area contributed by atoms with Crippen LogP contribution in [0.3, 0.4) is 0 Å². The van der Waals surface area contributed by atoms with E-state index in [0.717, 1.165) is 25.1 Å². The van der Waals surface area contributed by atoms with Crippen LogP contribution in [0.15, 0.2) is 23.1 Å². The summed E-state index contributed by atoms with van der Waals surface area (Å²) in [5, 5.41) is 3.05. The second-order valence-corrected chi connectivity index (χ2v) is 3.29. The molecule has 0 radical (unpaired) electrons. The normalized spacial score (nSPS) is 26.5. The zero-order chi connectivity index (χ0) is 10.1. The molecule has 0 aromatic carbocycles. The van der Waals surface area contributed by atoms with Gasteiger partial charge in [0.15, 0.2) is 11.5 Å². The average molecular weight is 193 g/mol. The average Bonchev–Trinajstić information content (AvgIpc) is 2.74. The largest absolute Gasteiger partial charge is 0.492 e. The van der Waals surface area contributed by atoms with Gasteiger partial charge in [-0.25, -0.2) is 0 Å². The summed E-state index contributed by atoms with van der Waals surface area (Å²) < 4.78 is 4.81. The fourth-order valence-corrected chi connectivity index (χ4v) is 1.74. The molecule has 1 saturated heterocycles. The molecule has 0 bridgehead atoms. The number of hydrogen-bond donors (Lipinski definition) is 1. The maximum absolute atomic E-state index is 11.6. The third-order valence-electron chi connectivity index (χ3n) is 2.42. The minimum absolute atomic E-state index is 0.145. The van der Waals surface area contributed by atoms with Gasteiger partial charge in [0.25, 0.3) is 0 Å². The Hall–Kier alpha value is -1.58. The predicted octanol–water partition coefficient (Wildman–Crippen LogP) is 0.306. The van der Waals surface area contributed by atoms with Crippen LogP contribution < -0.4 is 5.32 Å². The molecule has 1 aliphatic carbocycles. The van der Waals surface area contributed by atoms with Gasteiger partial charge in [0.1, 0.15) is 0 Å². The Balaban J connectivity index is 2.36. The van der Waals surface area contributed by atoms with Crippen molar-refractivity contribution in [3.8, 4) is 0 Å². The number of ether oxygens (including phenoxy) is 1. The lowest BCUT2D eigenvalue weighted by atomic mass is 10.1. The van der Waals surface area contributed by atoms with Crippen LogP contribution in [0, 0.1) is 0 Å². The number of carbonyl (C=O) groups excluding carboxylic acids is 2. The van der Waals surface area contributed by atoms with Gasteiger partial charge < -0.3 is 10.1 Å². The molecule has 0 amide bonds. The predicted molar refractivity (Wildman–Crippen MR) is 49.4 cm³/mol. The van der Waals surface area contributed by atoms with Crippen molar-refractivity contribution in [1.29, 1.82) is 0 Å². The minimum Gasteiger partial charge on any atom is -0.492 e. The Morgan fingerprint density at radius 3 is 2.71 bits per heavy atom. The zero-order valence-corrected chi connectivity index (χ0v) is 7.92. The third-order valence-corrected chi connectivity index (χ3v) is 2.42. The molecule has 1 heterocycles. The lowest BCUT2D eigenvalue weighted by molar-refractivity contribution is -0.117. The topological polar surface area (TPSA) is 55.4 Å². The SMILES string of the molecule is COC1=CC(=O)/C(=C2/CCCN2)C1=O. The van der Waals surface area contributed by atoms with E-state index < -0.39 is 0 Å². The van der Waals surface area contributed by atoms with Gasteiger partial charge in [0, 0.05) is 18.3 Å². The molecule has 2 aliphatic rings. The number of ketones is 2. The number of methoxy groups -OCH3 is 1. The quantitative estimate of drug-likeness (QED) is 0.481. The molecule has 74 valence electrons. The van der Waals surface area contributed by atoms with Crippen LogP contribution in [0.4, 0.5) is 0 Å². The molecule has 0 saturated carbocycles. The van der Waals surface area contributed by atoms with Crippen LogP contribution in [0.1, 0.15) is 12.8 Å². The maximum atomic E-state index is 11.6. The van der Waals surface area contributed by atoms with Crippen molar-refractivity contribution in [2.75, 3.05) is 13.7 Å². The van der Waals surface area contributed by atoms with Crippen molar-refractivity contribution < 1.29 is 14.3 Å². The molecule has 2 rings (SSSR count). The van der Waals surface area contributed by atoms with Crippen molar-refractivity contribution in [1.82, 2.24) is 5.32 Å². The first-order chi connectivity index (χ1) is 6.74. The number of rotatable bonds is 1. The van der Waals surface area contributed by atoms with Crippen molar-refractivity contribution in [3.63, 3.8) is 0 Å². The standard InChI is InChI=1S/C10H11NO3/c1-14-8-5-7(12)9(10(8)13)6-3-2-4-11-6/h5,11H,2-4H2,1H3/b9-6+. The maximum Gasteiger partial charge on any atom is 0.233 e. The first-order valence-corrected chi connectivity index (χ1v) is 4.56. The molecule has 4 heteroatoms. The molecule has 0 spiro atoms. The molecule has 0 aromatic rings. The molecule has 14 heavy (non-hydrogen) atoms. The Morgan fingerprint density at radius 2 is 2.21 bits per heavy atom. The first kappa shape index (κ1) is 8.99.